The third-order valence-electron chi connectivity index (χ3n) is 4.22. The smallest absolute Gasteiger partial charge is 0.426 e. The van der Waals surface area contributed by atoms with Crippen molar-refractivity contribution in [2.45, 2.75) is 45.0 Å². The van der Waals surface area contributed by atoms with Crippen molar-refractivity contribution in [2.75, 3.05) is 20.1 Å². The molecule has 0 saturated heterocycles. The molecule has 2 amide bonds. The summed E-state index contributed by atoms with van der Waals surface area (Å²) in [5, 5.41) is 20.5. The van der Waals surface area contributed by atoms with Crippen LogP contribution in [0.3, 0.4) is 0 Å². The average Bonchev–Trinajstić information content (AvgIpc) is 2.60. The number of nitrogens with zero attached hydrogens (tertiary/aromatic N) is 1. The zero-order chi connectivity index (χ0) is 19.5. The Morgan fingerprint density at radius 1 is 1.23 bits per heavy atom. The summed E-state index contributed by atoms with van der Waals surface area (Å²) in [6.07, 6.45) is 2.88. The van der Waals surface area contributed by atoms with Gasteiger partial charge in [0, 0.05) is 26.0 Å². The van der Waals surface area contributed by atoms with Gasteiger partial charge in [-0.3, -0.25) is 9.59 Å². The third kappa shape index (κ3) is 8.98. The van der Waals surface area contributed by atoms with Gasteiger partial charge in [-0.15, -0.1) is 0 Å². The van der Waals surface area contributed by atoms with Crippen molar-refractivity contribution in [3.63, 3.8) is 0 Å². The average molecular weight is 363 g/mol. The van der Waals surface area contributed by atoms with E-state index in [-0.39, 0.29) is 18.4 Å². The van der Waals surface area contributed by atoms with Crippen molar-refractivity contribution in [2.24, 2.45) is 5.73 Å². The van der Waals surface area contributed by atoms with E-state index in [2.05, 4.69) is 5.32 Å². The van der Waals surface area contributed by atoms with Gasteiger partial charge in [0.15, 0.2) is 0 Å². The van der Waals surface area contributed by atoms with E-state index >= 15 is 0 Å². The first-order valence-corrected chi connectivity index (χ1v) is 8.97. The van der Waals surface area contributed by atoms with Crippen molar-refractivity contribution < 1.29 is 19.6 Å². The number of carbonyl (C=O) groups excluding carboxylic acids is 2. The number of carbonyl (C=O) groups is 2. The maximum atomic E-state index is 12.1. The monoisotopic (exact) mass is 363 g/mol. The van der Waals surface area contributed by atoms with E-state index in [0.717, 1.165) is 5.56 Å². The van der Waals surface area contributed by atoms with Crippen LogP contribution < -0.4 is 11.1 Å². The Kier molecular flexibility index (Phi) is 9.94. The minimum absolute atomic E-state index is 0.0294. The summed E-state index contributed by atoms with van der Waals surface area (Å²) in [5.41, 5.74) is 7.79. The number of aryl methyl sites for hydroxylation is 2. The summed E-state index contributed by atoms with van der Waals surface area (Å²) in [7, 11) is 0.114. The molecule has 0 fully saturated rings. The van der Waals surface area contributed by atoms with Crippen molar-refractivity contribution in [3.8, 4) is 0 Å². The molecule has 1 atom stereocenters. The number of benzene rings is 1. The number of hydrogen-bond acceptors (Lipinski definition) is 5. The molecular formula is C18H30BN3O4. The fourth-order valence-corrected chi connectivity index (χ4v) is 2.44. The lowest BCUT2D eigenvalue weighted by Gasteiger charge is -2.17. The molecule has 8 heteroatoms. The Morgan fingerprint density at radius 2 is 1.88 bits per heavy atom. The van der Waals surface area contributed by atoms with Crippen LogP contribution in [0.25, 0.3) is 0 Å². The summed E-state index contributed by atoms with van der Waals surface area (Å²) < 4.78 is 0. The molecule has 0 radical (unpaired) electrons. The van der Waals surface area contributed by atoms with Crippen molar-refractivity contribution in [1.29, 1.82) is 0 Å². The van der Waals surface area contributed by atoms with Crippen molar-refractivity contribution >= 4 is 18.9 Å². The van der Waals surface area contributed by atoms with Gasteiger partial charge in [0.2, 0.25) is 11.8 Å². The molecular weight excluding hydrogens is 333 g/mol. The van der Waals surface area contributed by atoms with E-state index in [4.69, 9.17) is 15.8 Å². The number of likely N-dealkylation sites (N-methyl/N-ethyl adjacent to an activating group) is 1. The van der Waals surface area contributed by atoms with Crippen LogP contribution in [-0.2, 0) is 16.0 Å². The first kappa shape index (κ1) is 22.1. The highest BCUT2D eigenvalue weighted by atomic mass is 16.4. The number of hydrogen-bond donors (Lipinski definition) is 4. The minimum atomic E-state index is -1.51. The second kappa shape index (κ2) is 11.7. The van der Waals surface area contributed by atoms with Crippen LogP contribution in [-0.4, -0.2) is 60.0 Å². The Morgan fingerprint density at radius 3 is 2.50 bits per heavy atom. The summed E-state index contributed by atoms with van der Waals surface area (Å²) in [5.74, 6) is -0.936. The molecule has 1 aromatic rings. The number of nitrogens with two attached hydrogens (primary N) is 1. The second-order valence-electron chi connectivity index (χ2n) is 6.66. The quantitative estimate of drug-likeness (QED) is 0.327. The lowest BCUT2D eigenvalue weighted by atomic mass is 9.77. The van der Waals surface area contributed by atoms with E-state index in [0.29, 0.717) is 38.6 Å². The molecule has 0 bridgehead atoms. The van der Waals surface area contributed by atoms with Gasteiger partial charge in [-0.25, -0.2) is 0 Å². The van der Waals surface area contributed by atoms with Gasteiger partial charge in [0.05, 0.1) is 6.54 Å². The molecule has 0 spiro atoms. The molecule has 0 heterocycles. The maximum absolute atomic E-state index is 12.1. The SMILES string of the molecule is Cc1ccc(CCC(=O)N(C)CC(=O)NCCCCC(N)B(O)O)cc1. The predicted molar refractivity (Wildman–Crippen MR) is 102 cm³/mol. The van der Waals surface area contributed by atoms with Crippen LogP contribution in [0.5, 0.6) is 0 Å². The molecule has 0 saturated carbocycles. The van der Waals surface area contributed by atoms with Gasteiger partial charge in [-0.2, -0.15) is 0 Å². The summed E-state index contributed by atoms with van der Waals surface area (Å²) in [6, 6.07) is 8.06. The van der Waals surface area contributed by atoms with Gasteiger partial charge in [0.25, 0.3) is 0 Å². The van der Waals surface area contributed by atoms with Gasteiger partial charge in [-0.05, 0) is 31.7 Å². The first-order valence-electron chi connectivity index (χ1n) is 8.97. The lowest BCUT2D eigenvalue weighted by Crippen LogP contribution is -2.39. The molecule has 26 heavy (non-hydrogen) atoms. The largest absolute Gasteiger partial charge is 0.469 e. The van der Waals surface area contributed by atoms with Crippen LogP contribution in [0.15, 0.2) is 24.3 Å². The molecule has 0 aliphatic heterocycles. The van der Waals surface area contributed by atoms with Crippen LogP contribution in [0.1, 0.15) is 36.8 Å². The van der Waals surface area contributed by atoms with Crippen LogP contribution in [0.4, 0.5) is 0 Å². The molecule has 0 aliphatic carbocycles. The van der Waals surface area contributed by atoms with Gasteiger partial charge >= 0.3 is 7.12 Å². The van der Waals surface area contributed by atoms with E-state index in [1.54, 1.807) is 7.05 Å². The summed E-state index contributed by atoms with van der Waals surface area (Å²) in [4.78, 5) is 25.4. The van der Waals surface area contributed by atoms with Crippen molar-refractivity contribution in [1.82, 2.24) is 10.2 Å². The standard InChI is InChI=1S/C18H30BN3O4/c1-14-6-8-15(9-7-14)10-11-18(24)22(2)13-17(23)21-12-4-3-5-16(20)19(25)26/h6-9,16,25-26H,3-5,10-13,20H2,1-2H3,(H,21,23). The molecule has 7 nitrogen and oxygen atoms in total. The number of nitrogens with one attached hydrogen (secondary N) is 1. The molecule has 1 rings (SSSR count). The zero-order valence-corrected chi connectivity index (χ0v) is 15.6. The van der Waals surface area contributed by atoms with Crippen LogP contribution in [0.2, 0.25) is 0 Å². The van der Waals surface area contributed by atoms with Crippen molar-refractivity contribution in [3.05, 3.63) is 35.4 Å². The predicted octanol–water partition coefficient (Wildman–Crippen LogP) is 0.0118. The highest BCUT2D eigenvalue weighted by molar-refractivity contribution is 6.43. The molecule has 144 valence electrons. The topological polar surface area (TPSA) is 116 Å². The normalized spacial score (nSPS) is 11.7. The van der Waals surface area contributed by atoms with Gasteiger partial charge in [0.1, 0.15) is 0 Å². The first-order chi connectivity index (χ1) is 12.3. The molecule has 1 aromatic carbocycles. The number of amides is 2. The van der Waals surface area contributed by atoms with Crippen LogP contribution in [0, 0.1) is 6.92 Å². The maximum Gasteiger partial charge on any atom is 0.469 e. The van der Waals surface area contributed by atoms with E-state index in [1.807, 2.05) is 31.2 Å². The third-order valence-corrected chi connectivity index (χ3v) is 4.22. The summed E-state index contributed by atoms with van der Waals surface area (Å²) in [6.45, 7) is 2.52. The molecule has 0 aliphatic rings. The molecule has 1 unspecified atom stereocenters. The lowest BCUT2D eigenvalue weighted by molar-refractivity contribution is -0.134. The minimum Gasteiger partial charge on any atom is -0.426 e. The number of unbranched alkanes of at least 4 members (excludes halogenated alkanes) is 1. The fraction of sp³-hybridized carbons (Fsp3) is 0.556. The zero-order valence-electron chi connectivity index (χ0n) is 15.6. The Labute approximate surface area is 155 Å². The number of rotatable bonds is 11. The fourth-order valence-electron chi connectivity index (χ4n) is 2.44. The Balaban J connectivity index is 2.18. The van der Waals surface area contributed by atoms with E-state index in [9.17, 15) is 9.59 Å². The highest BCUT2D eigenvalue weighted by Gasteiger charge is 2.17. The van der Waals surface area contributed by atoms with E-state index in [1.165, 1.54) is 10.5 Å². The van der Waals surface area contributed by atoms with E-state index < -0.39 is 13.1 Å². The molecule has 5 N–H and O–H groups in total. The summed E-state index contributed by atoms with van der Waals surface area (Å²) >= 11 is 0. The second-order valence-corrected chi connectivity index (χ2v) is 6.66. The Bertz CT molecular complexity index is 566. The van der Waals surface area contributed by atoms with Crippen LogP contribution >= 0.6 is 0 Å². The molecule has 0 aromatic heterocycles. The van der Waals surface area contributed by atoms with Gasteiger partial charge < -0.3 is 26.0 Å². The Hall–Kier alpha value is -1.90. The van der Waals surface area contributed by atoms with Gasteiger partial charge in [-0.1, -0.05) is 36.2 Å². The highest BCUT2D eigenvalue weighted by Crippen LogP contribution is 2.07.